The average Bonchev–Trinajstić information content (AvgIpc) is 2.89. The van der Waals surface area contributed by atoms with Crippen molar-refractivity contribution in [3.8, 4) is 0 Å². The minimum atomic E-state index is -0.514. The molecule has 0 aliphatic carbocycles. The molecule has 1 aliphatic heterocycles. The number of rotatable bonds is 4. The maximum atomic E-state index is 12.7. The van der Waals surface area contributed by atoms with Crippen LogP contribution >= 0.6 is 0 Å². The van der Waals surface area contributed by atoms with E-state index in [1.807, 2.05) is 56.3 Å². The Morgan fingerprint density at radius 3 is 2.56 bits per heavy atom. The van der Waals surface area contributed by atoms with Crippen LogP contribution in [0.2, 0.25) is 0 Å². The first-order valence-electron chi connectivity index (χ1n) is 8.41. The molecule has 130 valence electrons. The fourth-order valence-corrected chi connectivity index (χ4v) is 3.16. The number of anilines is 1. The Kier molecular flexibility index (Phi) is 4.97. The summed E-state index contributed by atoms with van der Waals surface area (Å²) in [6, 6.07) is 12.3. The van der Waals surface area contributed by atoms with Gasteiger partial charge in [-0.3, -0.25) is 9.78 Å². The second-order valence-corrected chi connectivity index (χ2v) is 6.30. The fraction of sp³-hybridized carbons (Fsp3) is 0.316. The van der Waals surface area contributed by atoms with Gasteiger partial charge in [-0.1, -0.05) is 18.2 Å². The number of hydrogen-bond donors (Lipinski definition) is 2. The van der Waals surface area contributed by atoms with Crippen molar-refractivity contribution < 1.29 is 9.59 Å². The molecule has 1 aromatic heterocycles. The van der Waals surface area contributed by atoms with Crippen LogP contribution < -0.4 is 15.5 Å². The maximum Gasteiger partial charge on any atom is 0.315 e. The molecule has 0 spiro atoms. The van der Waals surface area contributed by atoms with Crippen LogP contribution in [-0.4, -0.2) is 29.0 Å². The molecule has 1 fully saturated rings. The number of para-hydroxylation sites is 1. The van der Waals surface area contributed by atoms with E-state index in [0.29, 0.717) is 6.42 Å². The van der Waals surface area contributed by atoms with Gasteiger partial charge in [0.15, 0.2) is 0 Å². The molecule has 0 radical (unpaired) electrons. The van der Waals surface area contributed by atoms with Gasteiger partial charge < -0.3 is 15.5 Å². The second-order valence-electron chi connectivity index (χ2n) is 6.30. The quantitative estimate of drug-likeness (QED) is 0.900. The number of nitrogens with one attached hydrogen (secondary N) is 2. The van der Waals surface area contributed by atoms with Crippen molar-refractivity contribution in [2.24, 2.45) is 0 Å². The molecule has 0 bridgehead atoms. The number of carbonyl (C=O) groups is 2. The predicted molar refractivity (Wildman–Crippen MR) is 96.1 cm³/mol. The Balaban J connectivity index is 1.61. The number of pyridine rings is 1. The lowest BCUT2D eigenvalue weighted by molar-refractivity contribution is -0.118. The first-order valence-corrected chi connectivity index (χ1v) is 8.41. The third kappa shape index (κ3) is 3.79. The molecule has 3 rings (SSSR count). The van der Waals surface area contributed by atoms with E-state index in [0.717, 1.165) is 11.3 Å². The van der Waals surface area contributed by atoms with Gasteiger partial charge in [0.1, 0.15) is 6.04 Å². The Morgan fingerprint density at radius 2 is 1.88 bits per heavy atom. The zero-order valence-corrected chi connectivity index (χ0v) is 14.3. The molecule has 25 heavy (non-hydrogen) atoms. The number of aromatic nitrogens is 1. The van der Waals surface area contributed by atoms with Gasteiger partial charge in [0.2, 0.25) is 5.91 Å². The number of urea groups is 1. The van der Waals surface area contributed by atoms with E-state index >= 15 is 0 Å². The van der Waals surface area contributed by atoms with Crippen LogP contribution in [0, 0.1) is 0 Å². The summed E-state index contributed by atoms with van der Waals surface area (Å²) in [4.78, 5) is 30.7. The summed E-state index contributed by atoms with van der Waals surface area (Å²) in [6.45, 7) is 3.88. The van der Waals surface area contributed by atoms with Crippen LogP contribution in [0.4, 0.5) is 10.5 Å². The molecule has 2 heterocycles. The maximum absolute atomic E-state index is 12.7. The molecule has 2 N–H and O–H groups in total. The average molecular weight is 338 g/mol. The van der Waals surface area contributed by atoms with Gasteiger partial charge in [0, 0.05) is 24.1 Å². The lowest BCUT2D eigenvalue weighted by Gasteiger charge is -2.21. The number of benzene rings is 1. The van der Waals surface area contributed by atoms with Gasteiger partial charge in [-0.2, -0.15) is 0 Å². The predicted octanol–water partition coefficient (Wildman–Crippen LogP) is 2.64. The van der Waals surface area contributed by atoms with Crippen molar-refractivity contribution in [3.63, 3.8) is 0 Å². The van der Waals surface area contributed by atoms with Crippen molar-refractivity contribution >= 4 is 17.6 Å². The summed E-state index contributed by atoms with van der Waals surface area (Å²) in [5, 5.41) is 5.67. The van der Waals surface area contributed by atoms with Crippen LogP contribution in [0.25, 0.3) is 0 Å². The molecule has 0 saturated carbocycles. The summed E-state index contributed by atoms with van der Waals surface area (Å²) in [6.07, 6.45) is 3.96. The smallest absolute Gasteiger partial charge is 0.315 e. The Morgan fingerprint density at radius 1 is 1.20 bits per heavy atom. The molecule has 3 atom stereocenters. The first kappa shape index (κ1) is 17.0. The number of carbonyl (C=O) groups excluding carboxylic acids is 2. The van der Waals surface area contributed by atoms with Crippen LogP contribution in [0.5, 0.6) is 0 Å². The highest BCUT2D eigenvalue weighted by Gasteiger charge is 2.38. The summed E-state index contributed by atoms with van der Waals surface area (Å²) >= 11 is 0. The van der Waals surface area contributed by atoms with E-state index in [4.69, 9.17) is 0 Å². The second kappa shape index (κ2) is 7.34. The molecule has 6 heteroatoms. The van der Waals surface area contributed by atoms with E-state index in [-0.39, 0.29) is 24.0 Å². The summed E-state index contributed by atoms with van der Waals surface area (Å²) < 4.78 is 0. The Hall–Kier alpha value is -2.89. The van der Waals surface area contributed by atoms with Crippen LogP contribution in [-0.2, 0) is 4.79 Å². The van der Waals surface area contributed by atoms with E-state index in [2.05, 4.69) is 15.6 Å². The van der Waals surface area contributed by atoms with Gasteiger partial charge in [0.25, 0.3) is 0 Å². The molecule has 3 unspecified atom stereocenters. The van der Waals surface area contributed by atoms with Crippen molar-refractivity contribution in [3.05, 3.63) is 60.4 Å². The van der Waals surface area contributed by atoms with Gasteiger partial charge in [0.05, 0.1) is 6.04 Å². The number of nitrogens with zero attached hydrogens (tertiary/aromatic N) is 2. The van der Waals surface area contributed by atoms with Gasteiger partial charge in [-0.15, -0.1) is 0 Å². The fourth-order valence-electron chi connectivity index (χ4n) is 3.16. The van der Waals surface area contributed by atoms with E-state index < -0.39 is 6.04 Å². The minimum Gasteiger partial charge on any atom is -0.332 e. The first-order chi connectivity index (χ1) is 12.1. The summed E-state index contributed by atoms with van der Waals surface area (Å²) in [5.74, 6) is -0.0783. The standard InChI is InChI=1S/C19H22N4O2/c1-13-12-17(18(24)23(13)16-6-4-3-5-7-16)22-19(25)21-14(2)15-8-10-20-11-9-15/h3-11,13-14,17H,12H2,1-2H3,(H2,21,22,25). The lowest BCUT2D eigenvalue weighted by Crippen LogP contribution is -2.46. The van der Waals surface area contributed by atoms with Gasteiger partial charge in [-0.25, -0.2) is 4.79 Å². The topological polar surface area (TPSA) is 74.3 Å². The minimum absolute atomic E-state index is 0.0396. The van der Waals surface area contributed by atoms with Crippen molar-refractivity contribution in [1.82, 2.24) is 15.6 Å². The molecule has 6 nitrogen and oxygen atoms in total. The van der Waals surface area contributed by atoms with Crippen LogP contribution in [0.1, 0.15) is 31.9 Å². The van der Waals surface area contributed by atoms with Gasteiger partial charge >= 0.3 is 6.03 Å². The third-order valence-electron chi connectivity index (χ3n) is 4.45. The number of hydrogen-bond acceptors (Lipinski definition) is 3. The SMILES string of the molecule is CC(NC(=O)NC1CC(C)N(c2ccccc2)C1=O)c1ccncc1. The van der Waals surface area contributed by atoms with Gasteiger partial charge in [-0.05, 0) is 50.1 Å². The molecular formula is C19H22N4O2. The van der Waals surface area contributed by atoms with E-state index in [1.54, 1.807) is 17.3 Å². The summed E-state index contributed by atoms with van der Waals surface area (Å²) in [7, 11) is 0. The van der Waals surface area contributed by atoms with E-state index in [1.165, 1.54) is 0 Å². The van der Waals surface area contributed by atoms with Crippen LogP contribution in [0.15, 0.2) is 54.9 Å². The molecule has 1 aromatic carbocycles. The van der Waals surface area contributed by atoms with Crippen LogP contribution in [0.3, 0.4) is 0 Å². The lowest BCUT2D eigenvalue weighted by atomic mass is 10.1. The normalized spacial score (nSPS) is 21.0. The molecule has 1 aliphatic rings. The van der Waals surface area contributed by atoms with Crippen molar-refractivity contribution in [2.45, 2.75) is 38.4 Å². The molecule has 2 aromatic rings. The molecule has 1 saturated heterocycles. The monoisotopic (exact) mass is 338 g/mol. The summed E-state index contributed by atoms with van der Waals surface area (Å²) in [5.41, 5.74) is 1.82. The molecular weight excluding hydrogens is 316 g/mol. The van der Waals surface area contributed by atoms with E-state index in [9.17, 15) is 9.59 Å². The molecule has 3 amide bonds. The number of amides is 3. The Labute approximate surface area is 147 Å². The van der Waals surface area contributed by atoms with Crippen molar-refractivity contribution in [2.75, 3.05) is 4.90 Å². The third-order valence-corrected chi connectivity index (χ3v) is 4.45. The zero-order chi connectivity index (χ0) is 17.8. The van der Waals surface area contributed by atoms with Crippen molar-refractivity contribution in [1.29, 1.82) is 0 Å². The highest BCUT2D eigenvalue weighted by atomic mass is 16.2. The zero-order valence-electron chi connectivity index (χ0n) is 14.3. The highest BCUT2D eigenvalue weighted by molar-refractivity contribution is 6.01. The largest absolute Gasteiger partial charge is 0.332 e. The Bertz CT molecular complexity index is 736. The highest BCUT2D eigenvalue weighted by Crippen LogP contribution is 2.26.